The smallest absolute Gasteiger partial charge is 0.229 e. The molecule has 3 N–H and O–H groups in total. The van der Waals surface area contributed by atoms with Gasteiger partial charge < -0.3 is 11.1 Å². The van der Waals surface area contributed by atoms with Crippen molar-refractivity contribution in [3.63, 3.8) is 0 Å². The Kier molecular flexibility index (Phi) is 6.55. The first-order valence-corrected chi connectivity index (χ1v) is 4.46. The number of nitrogens with two attached hydrogens (primary N) is 1. The van der Waals surface area contributed by atoms with Gasteiger partial charge in [0.05, 0.1) is 5.75 Å². The minimum atomic E-state index is -0.296. The molecule has 0 aromatic rings. The summed E-state index contributed by atoms with van der Waals surface area (Å²) < 4.78 is 0. The zero-order chi connectivity index (χ0) is 9.40. The van der Waals surface area contributed by atoms with Gasteiger partial charge in [-0.05, 0) is 12.8 Å². The highest BCUT2D eigenvalue weighted by molar-refractivity contribution is 7.81. The van der Waals surface area contributed by atoms with E-state index in [9.17, 15) is 9.59 Å². The van der Waals surface area contributed by atoms with Crippen LogP contribution >= 0.6 is 12.6 Å². The zero-order valence-corrected chi connectivity index (χ0v) is 7.77. The number of primary amides is 1. The zero-order valence-electron chi connectivity index (χ0n) is 6.88. The SMILES string of the molecule is NC(=O)CCCCNC(=O)CS. The van der Waals surface area contributed by atoms with Crippen molar-refractivity contribution < 1.29 is 9.59 Å². The quantitative estimate of drug-likeness (QED) is 0.397. The standard InChI is InChI=1S/C7H14N2O2S/c8-6(10)3-1-2-4-9-7(11)5-12/h12H,1-5H2,(H2,8,10)(H,9,11). The molecular weight excluding hydrogens is 176 g/mol. The second-order valence-electron chi connectivity index (χ2n) is 2.43. The van der Waals surface area contributed by atoms with E-state index in [4.69, 9.17) is 5.73 Å². The summed E-state index contributed by atoms with van der Waals surface area (Å²) in [4.78, 5) is 20.9. The molecule has 12 heavy (non-hydrogen) atoms. The molecule has 0 saturated heterocycles. The van der Waals surface area contributed by atoms with E-state index in [1.54, 1.807) is 0 Å². The van der Waals surface area contributed by atoms with Crippen LogP contribution < -0.4 is 11.1 Å². The topological polar surface area (TPSA) is 72.2 Å². The molecule has 70 valence electrons. The Balaban J connectivity index is 3.11. The summed E-state index contributed by atoms with van der Waals surface area (Å²) in [6, 6.07) is 0. The van der Waals surface area contributed by atoms with E-state index in [1.807, 2.05) is 0 Å². The van der Waals surface area contributed by atoms with Crippen LogP contribution in [0.3, 0.4) is 0 Å². The summed E-state index contributed by atoms with van der Waals surface area (Å²) in [6.07, 6.45) is 1.89. The molecule has 0 heterocycles. The van der Waals surface area contributed by atoms with Crippen LogP contribution in [0.2, 0.25) is 0 Å². The number of hydrogen-bond acceptors (Lipinski definition) is 3. The predicted molar refractivity (Wildman–Crippen MR) is 49.9 cm³/mol. The maximum Gasteiger partial charge on any atom is 0.229 e. The third kappa shape index (κ3) is 7.40. The monoisotopic (exact) mass is 190 g/mol. The van der Waals surface area contributed by atoms with Crippen LogP contribution in [0, 0.1) is 0 Å². The van der Waals surface area contributed by atoms with Crippen LogP contribution in [-0.4, -0.2) is 24.1 Å². The average molecular weight is 190 g/mol. The van der Waals surface area contributed by atoms with Crippen molar-refractivity contribution in [3.8, 4) is 0 Å². The lowest BCUT2D eigenvalue weighted by atomic mass is 10.2. The maximum atomic E-state index is 10.6. The average Bonchev–Trinajstić information content (AvgIpc) is 2.03. The molecule has 0 fully saturated rings. The van der Waals surface area contributed by atoms with Gasteiger partial charge in [-0.3, -0.25) is 9.59 Å². The van der Waals surface area contributed by atoms with Crippen molar-refractivity contribution >= 4 is 24.4 Å². The van der Waals surface area contributed by atoms with Crippen LogP contribution in [0.15, 0.2) is 0 Å². The minimum Gasteiger partial charge on any atom is -0.370 e. The molecule has 0 rings (SSSR count). The maximum absolute atomic E-state index is 10.6. The van der Waals surface area contributed by atoms with Crippen LogP contribution in [0.5, 0.6) is 0 Å². The van der Waals surface area contributed by atoms with Gasteiger partial charge in [-0.25, -0.2) is 0 Å². The van der Waals surface area contributed by atoms with E-state index < -0.39 is 0 Å². The molecule has 0 aromatic carbocycles. The molecular formula is C7H14N2O2S. The Morgan fingerprint density at radius 2 is 2.00 bits per heavy atom. The molecule has 0 aliphatic rings. The van der Waals surface area contributed by atoms with Crippen molar-refractivity contribution in [2.24, 2.45) is 5.73 Å². The van der Waals surface area contributed by atoms with Crippen molar-refractivity contribution in [1.29, 1.82) is 0 Å². The Labute approximate surface area is 77.3 Å². The second-order valence-corrected chi connectivity index (χ2v) is 2.75. The van der Waals surface area contributed by atoms with Crippen LogP contribution in [0.25, 0.3) is 0 Å². The third-order valence-corrected chi connectivity index (χ3v) is 1.60. The molecule has 0 saturated carbocycles. The first-order chi connectivity index (χ1) is 5.66. The number of carbonyl (C=O) groups is 2. The van der Waals surface area contributed by atoms with E-state index in [0.29, 0.717) is 13.0 Å². The van der Waals surface area contributed by atoms with Gasteiger partial charge in [0, 0.05) is 13.0 Å². The van der Waals surface area contributed by atoms with E-state index in [2.05, 4.69) is 17.9 Å². The lowest BCUT2D eigenvalue weighted by Gasteiger charge is -2.01. The van der Waals surface area contributed by atoms with E-state index in [1.165, 1.54) is 0 Å². The molecule has 0 spiro atoms. The molecule has 0 aliphatic heterocycles. The fraction of sp³-hybridized carbons (Fsp3) is 0.714. The molecule has 4 nitrogen and oxygen atoms in total. The van der Waals surface area contributed by atoms with Crippen LogP contribution in [0.4, 0.5) is 0 Å². The molecule has 0 radical (unpaired) electrons. The van der Waals surface area contributed by atoms with Gasteiger partial charge in [-0.1, -0.05) is 0 Å². The summed E-state index contributed by atoms with van der Waals surface area (Å²) in [5, 5.41) is 2.64. The number of thiol groups is 1. The fourth-order valence-electron chi connectivity index (χ4n) is 0.708. The molecule has 0 aliphatic carbocycles. The molecule has 2 amide bonds. The number of rotatable bonds is 6. The third-order valence-electron chi connectivity index (χ3n) is 1.32. The van der Waals surface area contributed by atoms with Gasteiger partial charge in [-0.2, -0.15) is 12.6 Å². The first-order valence-electron chi connectivity index (χ1n) is 3.82. The minimum absolute atomic E-state index is 0.0857. The molecule has 0 bridgehead atoms. The molecule has 0 atom stereocenters. The fourth-order valence-corrected chi connectivity index (χ4v) is 0.820. The van der Waals surface area contributed by atoms with Crippen molar-refractivity contribution in [1.82, 2.24) is 5.32 Å². The van der Waals surface area contributed by atoms with Gasteiger partial charge in [0.15, 0.2) is 0 Å². The van der Waals surface area contributed by atoms with Crippen LogP contribution in [-0.2, 0) is 9.59 Å². The van der Waals surface area contributed by atoms with Gasteiger partial charge in [0.25, 0.3) is 0 Å². The highest BCUT2D eigenvalue weighted by Crippen LogP contribution is 1.92. The molecule has 0 aromatic heterocycles. The number of amides is 2. The highest BCUT2D eigenvalue weighted by atomic mass is 32.1. The summed E-state index contributed by atoms with van der Waals surface area (Å²) >= 11 is 3.79. The Hall–Kier alpha value is -0.710. The second kappa shape index (κ2) is 6.97. The van der Waals surface area contributed by atoms with Crippen molar-refractivity contribution in [2.45, 2.75) is 19.3 Å². The largest absolute Gasteiger partial charge is 0.370 e. The highest BCUT2D eigenvalue weighted by Gasteiger charge is 1.96. The van der Waals surface area contributed by atoms with E-state index in [0.717, 1.165) is 12.8 Å². The van der Waals surface area contributed by atoms with Gasteiger partial charge in [0.1, 0.15) is 0 Å². The lowest BCUT2D eigenvalue weighted by molar-refractivity contribution is -0.118. The number of carbonyl (C=O) groups excluding carboxylic acids is 2. The number of unbranched alkanes of at least 4 members (excludes halogenated alkanes) is 1. The van der Waals surface area contributed by atoms with Gasteiger partial charge >= 0.3 is 0 Å². The number of hydrogen-bond donors (Lipinski definition) is 3. The first kappa shape index (κ1) is 11.3. The van der Waals surface area contributed by atoms with Crippen LogP contribution in [0.1, 0.15) is 19.3 Å². The summed E-state index contributed by atoms with van der Waals surface area (Å²) in [5.74, 6) is -0.177. The van der Waals surface area contributed by atoms with Gasteiger partial charge in [0.2, 0.25) is 11.8 Å². The summed E-state index contributed by atoms with van der Waals surface area (Å²) in [6.45, 7) is 0.590. The van der Waals surface area contributed by atoms with E-state index >= 15 is 0 Å². The van der Waals surface area contributed by atoms with E-state index in [-0.39, 0.29) is 17.6 Å². The summed E-state index contributed by atoms with van der Waals surface area (Å²) in [7, 11) is 0. The van der Waals surface area contributed by atoms with Crippen molar-refractivity contribution in [3.05, 3.63) is 0 Å². The Morgan fingerprint density at radius 3 is 2.50 bits per heavy atom. The molecule has 0 unspecified atom stereocenters. The Bertz CT molecular complexity index is 161. The Morgan fingerprint density at radius 1 is 1.33 bits per heavy atom. The predicted octanol–water partition coefficient (Wildman–Crippen LogP) is -0.312. The molecule has 5 heteroatoms. The lowest BCUT2D eigenvalue weighted by Crippen LogP contribution is -2.25. The van der Waals surface area contributed by atoms with Crippen molar-refractivity contribution in [2.75, 3.05) is 12.3 Å². The summed E-state index contributed by atoms with van der Waals surface area (Å²) in [5.41, 5.74) is 4.92. The van der Waals surface area contributed by atoms with Gasteiger partial charge in [-0.15, -0.1) is 0 Å². The normalized spacial score (nSPS) is 9.42. The number of nitrogens with one attached hydrogen (secondary N) is 1.